The van der Waals surface area contributed by atoms with Crippen LogP contribution in [0.15, 0.2) is 41.8 Å². The van der Waals surface area contributed by atoms with E-state index in [-0.39, 0.29) is 5.56 Å². The molecule has 4 rings (SSSR count). The van der Waals surface area contributed by atoms with Crippen LogP contribution in [0.25, 0.3) is 11.3 Å². The number of nitro benzene ring substituents is 1. The molecule has 0 saturated carbocycles. The smallest absolute Gasteiger partial charge is 0.272 e. The van der Waals surface area contributed by atoms with E-state index in [1.54, 1.807) is 0 Å². The second-order valence-electron chi connectivity index (χ2n) is 6.25. The maximum Gasteiger partial charge on any atom is 0.272 e. The van der Waals surface area contributed by atoms with Crippen molar-refractivity contribution in [3.8, 4) is 11.3 Å². The van der Waals surface area contributed by atoms with Gasteiger partial charge < -0.3 is 0 Å². The number of halogens is 1. The van der Waals surface area contributed by atoms with Gasteiger partial charge in [-0.3, -0.25) is 20.2 Å². The van der Waals surface area contributed by atoms with E-state index in [1.165, 1.54) is 22.5 Å². The molecule has 0 fully saturated rings. The van der Waals surface area contributed by atoms with Crippen molar-refractivity contribution >= 4 is 28.1 Å². The van der Waals surface area contributed by atoms with E-state index in [9.17, 15) is 19.3 Å². The minimum atomic E-state index is -0.947. The first-order valence-corrected chi connectivity index (χ1v) is 9.22. The molecule has 8 heteroatoms. The summed E-state index contributed by atoms with van der Waals surface area (Å²) in [6, 6.07) is 9.17. The molecule has 1 aliphatic rings. The molecular formula is C19H14FN3O3S. The normalized spacial score (nSPS) is 12.6. The molecule has 0 saturated heterocycles. The van der Waals surface area contributed by atoms with Gasteiger partial charge in [-0.25, -0.2) is 9.37 Å². The summed E-state index contributed by atoms with van der Waals surface area (Å²) in [6.07, 6.45) is 3.34. The lowest BCUT2D eigenvalue weighted by Crippen LogP contribution is -2.13. The average molecular weight is 383 g/mol. The van der Waals surface area contributed by atoms with Crippen molar-refractivity contribution in [1.29, 1.82) is 0 Å². The number of hydrogen-bond acceptors (Lipinski definition) is 5. The highest BCUT2D eigenvalue weighted by Gasteiger charge is 2.18. The zero-order valence-corrected chi connectivity index (χ0v) is 14.9. The molecule has 1 aromatic heterocycles. The number of nitrogens with one attached hydrogen (secondary N) is 1. The quantitative estimate of drug-likeness (QED) is 0.527. The fraction of sp³-hybridized carbons (Fsp3) is 0.158. The van der Waals surface area contributed by atoms with E-state index in [0.717, 1.165) is 48.7 Å². The average Bonchev–Trinajstić information content (AvgIpc) is 3.29. The van der Waals surface area contributed by atoms with Gasteiger partial charge in [-0.05, 0) is 42.5 Å². The molecule has 1 amide bonds. The molecule has 1 N–H and O–H groups in total. The summed E-state index contributed by atoms with van der Waals surface area (Å²) >= 11 is 1.24. The number of aromatic nitrogens is 1. The Morgan fingerprint density at radius 3 is 2.78 bits per heavy atom. The predicted molar refractivity (Wildman–Crippen MR) is 101 cm³/mol. The molecule has 2 aromatic carbocycles. The summed E-state index contributed by atoms with van der Waals surface area (Å²) in [7, 11) is 0. The van der Waals surface area contributed by atoms with Crippen LogP contribution in [0.2, 0.25) is 0 Å². The molecule has 0 aliphatic heterocycles. The number of nitro groups is 1. The predicted octanol–water partition coefficient (Wildman–Crippen LogP) is 4.60. The molecule has 1 heterocycles. The molecular weight excluding hydrogens is 369 g/mol. The van der Waals surface area contributed by atoms with E-state index < -0.39 is 22.3 Å². The van der Waals surface area contributed by atoms with Gasteiger partial charge >= 0.3 is 0 Å². The highest BCUT2D eigenvalue weighted by Crippen LogP contribution is 2.30. The van der Waals surface area contributed by atoms with Crippen molar-refractivity contribution in [2.45, 2.75) is 19.3 Å². The molecule has 0 radical (unpaired) electrons. The van der Waals surface area contributed by atoms with Gasteiger partial charge in [-0.1, -0.05) is 12.1 Å². The fourth-order valence-electron chi connectivity index (χ4n) is 3.16. The fourth-order valence-corrected chi connectivity index (χ4v) is 3.88. The van der Waals surface area contributed by atoms with Crippen LogP contribution < -0.4 is 5.32 Å². The van der Waals surface area contributed by atoms with Gasteiger partial charge in [-0.15, -0.1) is 11.3 Å². The lowest BCUT2D eigenvalue weighted by Gasteiger charge is -2.04. The molecule has 6 nitrogen and oxygen atoms in total. The van der Waals surface area contributed by atoms with Gasteiger partial charge in [0.05, 0.1) is 22.2 Å². The third-order valence-electron chi connectivity index (χ3n) is 4.53. The van der Waals surface area contributed by atoms with Crippen LogP contribution in [0, 0.1) is 15.9 Å². The Labute approximate surface area is 157 Å². The molecule has 3 aromatic rings. The van der Waals surface area contributed by atoms with Crippen LogP contribution in [-0.2, 0) is 12.8 Å². The first kappa shape index (κ1) is 17.3. The summed E-state index contributed by atoms with van der Waals surface area (Å²) in [4.78, 5) is 26.6. The van der Waals surface area contributed by atoms with Gasteiger partial charge in [0.15, 0.2) is 5.13 Å². The van der Waals surface area contributed by atoms with Crippen molar-refractivity contribution in [3.05, 3.63) is 74.4 Å². The molecule has 0 atom stereocenters. The number of anilines is 1. The number of aryl methyl sites for hydroxylation is 2. The molecule has 1 aliphatic carbocycles. The van der Waals surface area contributed by atoms with E-state index in [1.807, 2.05) is 11.4 Å². The molecule has 0 spiro atoms. The number of nitrogens with zero attached hydrogens (tertiary/aromatic N) is 2. The number of thiazole rings is 1. The second-order valence-corrected chi connectivity index (χ2v) is 7.11. The maximum absolute atomic E-state index is 14.0. The minimum Gasteiger partial charge on any atom is -0.298 e. The van der Waals surface area contributed by atoms with E-state index in [4.69, 9.17) is 0 Å². The number of non-ortho nitro benzene ring substituents is 1. The van der Waals surface area contributed by atoms with Crippen LogP contribution in [0.4, 0.5) is 15.2 Å². The number of carbonyl (C=O) groups excluding carboxylic acids is 1. The third kappa shape index (κ3) is 3.43. The highest BCUT2D eigenvalue weighted by molar-refractivity contribution is 7.14. The zero-order valence-electron chi connectivity index (χ0n) is 14.1. The van der Waals surface area contributed by atoms with Gasteiger partial charge in [0, 0.05) is 17.0 Å². The first-order chi connectivity index (χ1) is 13.0. The summed E-state index contributed by atoms with van der Waals surface area (Å²) in [6.45, 7) is 0. The Morgan fingerprint density at radius 2 is 2.00 bits per heavy atom. The number of carbonyl (C=O) groups is 1. The monoisotopic (exact) mass is 383 g/mol. The van der Waals surface area contributed by atoms with Crippen LogP contribution >= 0.6 is 11.3 Å². The number of fused-ring (bicyclic) bond motifs is 1. The topological polar surface area (TPSA) is 85.1 Å². The highest BCUT2D eigenvalue weighted by atomic mass is 32.1. The van der Waals surface area contributed by atoms with Crippen molar-refractivity contribution in [2.75, 3.05) is 5.32 Å². The van der Waals surface area contributed by atoms with E-state index in [0.29, 0.717) is 5.13 Å². The van der Waals surface area contributed by atoms with Crippen molar-refractivity contribution in [1.82, 2.24) is 4.98 Å². The third-order valence-corrected chi connectivity index (χ3v) is 5.28. The van der Waals surface area contributed by atoms with Crippen molar-refractivity contribution in [2.24, 2.45) is 0 Å². The molecule has 27 heavy (non-hydrogen) atoms. The number of benzene rings is 2. The summed E-state index contributed by atoms with van der Waals surface area (Å²) < 4.78 is 14.0. The van der Waals surface area contributed by atoms with Gasteiger partial charge in [0.1, 0.15) is 5.82 Å². The maximum atomic E-state index is 14.0. The molecule has 0 bridgehead atoms. The Bertz CT molecular complexity index is 1060. The van der Waals surface area contributed by atoms with Crippen LogP contribution in [0.1, 0.15) is 27.9 Å². The largest absolute Gasteiger partial charge is 0.298 e. The Morgan fingerprint density at radius 1 is 1.19 bits per heavy atom. The van der Waals surface area contributed by atoms with E-state index >= 15 is 0 Å². The van der Waals surface area contributed by atoms with Crippen LogP contribution in [-0.4, -0.2) is 15.8 Å². The van der Waals surface area contributed by atoms with Crippen molar-refractivity contribution < 1.29 is 14.1 Å². The number of hydrogen-bond donors (Lipinski definition) is 1. The van der Waals surface area contributed by atoms with E-state index in [2.05, 4.69) is 22.4 Å². The summed E-state index contributed by atoms with van der Waals surface area (Å²) in [5.74, 6) is -1.64. The SMILES string of the molecule is O=C(Nc1nc(-c2ccc3c(c2)CCC3)cs1)c1ccc([N+](=O)[O-])cc1F. The summed E-state index contributed by atoms with van der Waals surface area (Å²) in [5.41, 5.74) is 3.75. The van der Waals surface area contributed by atoms with Gasteiger partial charge in [0.2, 0.25) is 0 Å². The summed E-state index contributed by atoms with van der Waals surface area (Å²) in [5, 5.41) is 15.4. The lowest BCUT2D eigenvalue weighted by atomic mass is 10.1. The first-order valence-electron chi connectivity index (χ1n) is 8.34. The van der Waals surface area contributed by atoms with Crippen LogP contribution in [0.5, 0.6) is 0 Å². The Hall–Kier alpha value is -3.13. The Balaban J connectivity index is 1.52. The molecule has 136 valence electrons. The molecule has 0 unspecified atom stereocenters. The number of rotatable bonds is 4. The second kappa shape index (κ2) is 6.88. The van der Waals surface area contributed by atoms with Gasteiger partial charge in [-0.2, -0.15) is 0 Å². The zero-order chi connectivity index (χ0) is 19.0. The number of amides is 1. The minimum absolute atomic E-state index is 0.269. The van der Waals surface area contributed by atoms with Gasteiger partial charge in [0.25, 0.3) is 11.6 Å². The standard InChI is InChI=1S/C19H14FN3O3S/c20-16-9-14(23(25)26)6-7-15(16)18(24)22-19-21-17(10-27-19)13-5-4-11-2-1-3-12(11)8-13/h4-10H,1-3H2,(H,21,22,24). The van der Waals surface area contributed by atoms with Crippen molar-refractivity contribution in [3.63, 3.8) is 0 Å². The van der Waals surface area contributed by atoms with Crippen LogP contribution in [0.3, 0.4) is 0 Å². The lowest BCUT2D eigenvalue weighted by molar-refractivity contribution is -0.385. The Kier molecular flexibility index (Phi) is 4.41.